The predicted octanol–water partition coefficient (Wildman–Crippen LogP) is 3.28. The first-order valence-corrected chi connectivity index (χ1v) is 12.4. The second-order valence-corrected chi connectivity index (χ2v) is 11.5. The van der Waals surface area contributed by atoms with Gasteiger partial charge in [0.15, 0.2) is 5.78 Å². The van der Waals surface area contributed by atoms with Gasteiger partial charge < -0.3 is 10.2 Å². The number of carbonyl (C=O) groups is 4. The summed E-state index contributed by atoms with van der Waals surface area (Å²) in [7, 11) is 0. The zero-order chi connectivity index (χ0) is 22.5. The Morgan fingerprint density at radius 2 is 1.71 bits per heavy atom. The molecule has 31 heavy (non-hydrogen) atoms. The third-order valence-corrected chi connectivity index (χ3v) is 8.94. The Labute approximate surface area is 193 Å². The smallest absolute Gasteiger partial charge is 0.243 e. The Morgan fingerprint density at radius 3 is 2.29 bits per heavy atom. The highest BCUT2D eigenvalue weighted by Crippen LogP contribution is 2.65. The molecular formula is C23H32Cl2N2O4. The van der Waals surface area contributed by atoms with Gasteiger partial charge in [0.25, 0.3) is 0 Å². The van der Waals surface area contributed by atoms with Crippen molar-refractivity contribution in [1.82, 2.24) is 10.2 Å². The molecule has 1 heterocycles. The van der Waals surface area contributed by atoms with E-state index in [0.717, 1.165) is 38.5 Å². The molecule has 4 rings (SSSR count). The molecule has 2 amide bonds. The van der Waals surface area contributed by atoms with E-state index in [4.69, 9.17) is 23.2 Å². The first kappa shape index (κ1) is 23.0. The minimum Gasteiger partial charge on any atom is -0.344 e. The number of carbonyl (C=O) groups excluding carboxylic acids is 4. The van der Waals surface area contributed by atoms with Gasteiger partial charge in [0, 0.05) is 31.2 Å². The fourth-order valence-corrected chi connectivity index (χ4v) is 6.48. The van der Waals surface area contributed by atoms with Crippen LogP contribution < -0.4 is 5.32 Å². The number of rotatable bonds is 8. The molecule has 1 unspecified atom stereocenters. The van der Waals surface area contributed by atoms with Crippen LogP contribution in [-0.4, -0.2) is 51.2 Å². The molecule has 4 fully saturated rings. The zero-order valence-electron chi connectivity index (χ0n) is 18.2. The number of alkyl halides is 2. The Morgan fingerprint density at radius 1 is 1.06 bits per heavy atom. The Kier molecular flexibility index (Phi) is 6.43. The Bertz CT molecular complexity index is 776. The number of hydrogen-bond donors (Lipinski definition) is 1. The number of nitrogens with zero attached hydrogens (tertiary/aromatic N) is 1. The number of fused-ring (bicyclic) bond motifs is 1. The maximum Gasteiger partial charge on any atom is 0.243 e. The third kappa shape index (κ3) is 4.52. The van der Waals surface area contributed by atoms with Crippen molar-refractivity contribution in [3.8, 4) is 0 Å². The van der Waals surface area contributed by atoms with Crippen LogP contribution in [0.2, 0.25) is 0 Å². The van der Waals surface area contributed by atoms with Crippen molar-refractivity contribution in [2.24, 2.45) is 29.6 Å². The van der Waals surface area contributed by atoms with Gasteiger partial charge in [-0.05, 0) is 31.1 Å². The number of amides is 2. The largest absolute Gasteiger partial charge is 0.344 e. The van der Waals surface area contributed by atoms with Crippen LogP contribution in [0.3, 0.4) is 0 Å². The van der Waals surface area contributed by atoms with Crippen LogP contribution in [0.4, 0.5) is 0 Å². The van der Waals surface area contributed by atoms with E-state index >= 15 is 0 Å². The van der Waals surface area contributed by atoms with Crippen LogP contribution in [0.1, 0.15) is 65.2 Å². The topological polar surface area (TPSA) is 83.6 Å². The highest BCUT2D eigenvalue weighted by Gasteiger charge is 2.74. The lowest BCUT2D eigenvalue weighted by molar-refractivity contribution is -0.145. The molecule has 6 nitrogen and oxygen atoms in total. The lowest BCUT2D eigenvalue weighted by Crippen LogP contribution is -2.55. The summed E-state index contributed by atoms with van der Waals surface area (Å²) in [4.78, 5) is 52.5. The van der Waals surface area contributed by atoms with Gasteiger partial charge in [-0.3, -0.25) is 19.2 Å². The quantitative estimate of drug-likeness (QED) is 0.435. The number of Topliss-reactive ketones (excluding diaryl/α,β-unsaturated/α-hetero) is 2. The monoisotopic (exact) mass is 470 g/mol. The molecule has 0 radical (unpaired) electrons. The molecule has 1 aliphatic heterocycles. The average molecular weight is 471 g/mol. The summed E-state index contributed by atoms with van der Waals surface area (Å²) in [5.74, 6) is -1.54. The minimum atomic E-state index is -1.02. The number of halogens is 2. The van der Waals surface area contributed by atoms with Crippen molar-refractivity contribution in [2.75, 3.05) is 6.54 Å². The second kappa shape index (κ2) is 8.66. The van der Waals surface area contributed by atoms with E-state index in [1.165, 1.54) is 13.3 Å². The van der Waals surface area contributed by atoms with Crippen molar-refractivity contribution in [3.05, 3.63) is 0 Å². The molecule has 0 aromatic carbocycles. The first-order chi connectivity index (χ1) is 14.6. The van der Waals surface area contributed by atoms with Crippen molar-refractivity contribution < 1.29 is 19.2 Å². The van der Waals surface area contributed by atoms with Crippen LogP contribution in [0.15, 0.2) is 0 Å². The van der Waals surface area contributed by atoms with Crippen LogP contribution in [0.5, 0.6) is 0 Å². The number of nitrogens with one attached hydrogen (secondary N) is 1. The maximum absolute atomic E-state index is 13.4. The summed E-state index contributed by atoms with van der Waals surface area (Å²) in [6, 6.07) is -1.64. The zero-order valence-corrected chi connectivity index (χ0v) is 19.8. The van der Waals surface area contributed by atoms with Crippen molar-refractivity contribution in [1.29, 1.82) is 0 Å². The van der Waals surface area contributed by atoms with Crippen molar-refractivity contribution >= 4 is 46.6 Å². The van der Waals surface area contributed by atoms with E-state index < -0.39 is 33.9 Å². The van der Waals surface area contributed by atoms with Gasteiger partial charge in [-0.25, -0.2) is 0 Å². The molecule has 1 N–H and O–H groups in total. The summed E-state index contributed by atoms with van der Waals surface area (Å²) in [6.45, 7) is 3.55. The fourth-order valence-electron chi connectivity index (χ4n) is 5.65. The molecule has 0 bridgehead atoms. The molecular weight excluding hydrogens is 439 g/mol. The van der Waals surface area contributed by atoms with Crippen molar-refractivity contribution in [2.45, 2.75) is 81.6 Å². The van der Waals surface area contributed by atoms with Gasteiger partial charge in [0.05, 0.1) is 6.04 Å². The average Bonchev–Trinajstić information content (AvgIpc) is 3.59. The highest BCUT2D eigenvalue weighted by molar-refractivity contribution is 6.51. The summed E-state index contributed by atoms with van der Waals surface area (Å²) >= 11 is 12.8. The second-order valence-electron chi connectivity index (χ2n) is 10.1. The van der Waals surface area contributed by atoms with Crippen LogP contribution in [0.25, 0.3) is 0 Å². The highest BCUT2D eigenvalue weighted by atomic mass is 35.5. The summed E-state index contributed by atoms with van der Waals surface area (Å²) in [6.07, 6.45) is 8.03. The van der Waals surface area contributed by atoms with Gasteiger partial charge in [-0.15, -0.1) is 23.2 Å². The fraction of sp³-hybridized carbons (Fsp3) is 0.826. The molecule has 8 heteroatoms. The van der Waals surface area contributed by atoms with Gasteiger partial charge in [0.1, 0.15) is 10.4 Å². The Hall–Kier alpha value is -1.14. The lowest BCUT2D eigenvalue weighted by atomic mass is 9.80. The molecule has 5 atom stereocenters. The molecule has 3 saturated carbocycles. The summed E-state index contributed by atoms with van der Waals surface area (Å²) in [5.41, 5.74) is 0. The number of piperidine rings is 1. The lowest BCUT2D eigenvalue weighted by Gasteiger charge is -2.35. The molecule has 172 valence electrons. The molecule has 0 aromatic heterocycles. The first-order valence-electron chi connectivity index (χ1n) is 11.7. The maximum atomic E-state index is 13.4. The van der Waals surface area contributed by atoms with E-state index in [9.17, 15) is 19.2 Å². The minimum absolute atomic E-state index is 0.0278. The van der Waals surface area contributed by atoms with Crippen LogP contribution in [-0.2, 0) is 19.2 Å². The predicted molar refractivity (Wildman–Crippen MR) is 118 cm³/mol. The Balaban J connectivity index is 1.49. The van der Waals surface area contributed by atoms with Gasteiger partial charge >= 0.3 is 0 Å². The van der Waals surface area contributed by atoms with Crippen molar-refractivity contribution in [3.63, 3.8) is 0 Å². The molecule has 0 aromatic rings. The van der Waals surface area contributed by atoms with E-state index in [1.54, 1.807) is 4.90 Å². The third-order valence-electron chi connectivity index (χ3n) is 7.88. The van der Waals surface area contributed by atoms with E-state index in [1.807, 2.05) is 6.92 Å². The SMILES string of the molecule is CC(=O)C(=O)C(CC1CC1)NC(=O)[C@@H]1[C@@H]2[C@H](CN1C(=O)[C@@H](C)C1CCCCC1)C2(Cl)Cl. The number of likely N-dealkylation sites (tertiary alicyclic amines) is 1. The van der Waals surface area contributed by atoms with Gasteiger partial charge in [0.2, 0.25) is 17.6 Å². The van der Waals surface area contributed by atoms with Gasteiger partial charge in [-0.1, -0.05) is 39.0 Å². The molecule has 3 aliphatic carbocycles. The van der Waals surface area contributed by atoms with E-state index in [2.05, 4.69) is 5.32 Å². The van der Waals surface area contributed by atoms with Crippen LogP contribution in [0, 0.1) is 29.6 Å². The van der Waals surface area contributed by atoms with E-state index in [0.29, 0.717) is 24.8 Å². The standard InChI is InChI=1S/C23H32Cl2N2O4/c1-12(15-6-4-3-5-7-15)22(31)27-11-16-18(23(16,24)25)19(27)21(30)26-17(10-14-8-9-14)20(29)13(2)28/h12,14-19H,3-11H2,1-2H3,(H,26,30)/t12-,16-,17?,18-,19-/m0/s1. The molecule has 1 saturated heterocycles. The van der Waals surface area contributed by atoms with Crippen LogP contribution >= 0.6 is 23.2 Å². The number of ketones is 2. The van der Waals surface area contributed by atoms with E-state index in [-0.39, 0.29) is 23.7 Å². The molecule has 0 spiro atoms. The number of hydrogen-bond acceptors (Lipinski definition) is 4. The normalized spacial score (nSPS) is 31.5. The molecule has 4 aliphatic rings. The van der Waals surface area contributed by atoms with Gasteiger partial charge in [-0.2, -0.15) is 0 Å². The summed E-state index contributed by atoms with van der Waals surface area (Å²) < 4.78 is -1.02. The summed E-state index contributed by atoms with van der Waals surface area (Å²) in [5, 5.41) is 2.79.